The summed E-state index contributed by atoms with van der Waals surface area (Å²) in [7, 11) is -3.76. The van der Waals surface area contributed by atoms with E-state index in [-0.39, 0.29) is 10.8 Å². The molecule has 0 fully saturated rings. The molecule has 31 heavy (non-hydrogen) atoms. The van der Waals surface area contributed by atoms with Crippen LogP contribution in [0.1, 0.15) is 24.2 Å². The average molecular weight is 443 g/mol. The molecule has 0 atom stereocenters. The van der Waals surface area contributed by atoms with E-state index in [0.717, 1.165) is 26.2 Å². The highest BCUT2D eigenvalue weighted by Gasteiger charge is 2.15. The van der Waals surface area contributed by atoms with Crippen molar-refractivity contribution in [2.45, 2.75) is 25.3 Å². The highest BCUT2D eigenvalue weighted by Crippen LogP contribution is 2.17. The minimum atomic E-state index is -3.76. The van der Waals surface area contributed by atoms with Crippen LogP contribution in [0.25, 0.3) is 0 Å². The first-order valence-electron chi connectivity index (χ1n) is 10.0. The maximum atomic E-state index is 12.5. The Morgan fingerprint density at radius 1 is 1.03 bits per heavy atom. The predicted molar refractivity (Wildman–Crippen MR) is 119 cm³/mol. The predicted octanol–water partition coefficient (Wildman–Crippen LogP) is 2.67. The molecule has 9 nitrogen and oxygen atoms in total. The average Bonchev–Trinajstić information content (AvgIpc) is 3.22. The lowest BCUT2D eigenvalue weighted by molar-refractivity contribution is 0.102. The van der Waals surface area contributed by atoms with Crippen molar-refractivity contribution in [1.82, 2.24) is 19.7 Å². The van der Waals surface area contributed by atoms with Gasteiger partial charge in [-0.05, 0) is 49.5 Å². The van der Waals surface area contributed by atoms with E-state index in [1.807, 2.05) is 0 Å². The van der Waals surface area contributed by atoms with Crippen LogP contribution < -0.4 is 10.0 Å². The van der Waals surface area contributed by atoms with Gasteiger partial charge in [-0.25, -0.2) is 8.42 Å². The Labute approximate surface area is 182 Å². The lowest BCUT2D eigenvalue weighted by Crippen LogP contribution is -2.27. The summed E-state index contributed by atoms with van der Waals surface area (Å²) >= 11 is 0. The first-order chi connectivity index (χ1) is 14.9. The molecule has 0 saturated carbocycles. The van der Waals surface area contributed by atoms with Gasteiger partial charge in [0.15, 0.2) is 0 Å². The zero-order valence-corrected chi connectivity index (χ0v) is 18.3. The number of anilines is 2. The Morgan fingerprint density at radius 3 is 2.35 bits per heavy atom. The zero-order valence-electron chi connectivity index (χ0n) is 17.5. The van der Waals surface area contributed by atoms with Gasteiger partial charge in [-0.15, -0.1) is 0 Å². The SMILES string of the molecule is CCN(CC)CCn1cc(NC(=O)c2ccc(S(=O)(=O)Nc3ccncc3)cc2)cn1. The number of nitrogens with zero attached hydrogens (tertiary/aromatic N) is 4. The minimum Gasteiger partial charge on any atom is -0.319 e. The molecule has 3 aromatic rings. The van der Waals surface area contributed by atoms with Gasteiger partial charge in [-0.3, -0.25) is 19.2 Å². The van der Waals surface area contributed by atoms with Crippen LogP contribution in [0.15, 0.2) is 66.1 Å². The molecule has 0 aliphatic rings. The lowest BCUT2D eigenvalue weighted by Gasteiger charge is -2.17. The molecular formula is C21H26N6O3S. The second-order valence-corrected chi connectivity index (χ2v) is 8.52. The number of pyridine rings is 1. The molecule has 2 aromatic heterocycles. The first-order valence-corrected chi connectivity index (χ1v) is 11.5. The Bertz CT molecular complexity index is 1090. The van der Waals surface area contributed by atoms with E-state index in [1.165, 1.54) is 36.7 Å². The van der Waals surface area contributed by atoms with Gasteiger partial charge in [-0.2, -0.15) is 5.10 Å². The molecule has 3 rings (SSSR count). The van der Waals surface area contributed by atoms with Crippen molar-refractivity contribution in [3.05, 3.63) is 66.7 Å². The Balaban J connectivity index is 1.60. The summed E-state index contributed by atoms with van der Waals surface area (Å²) in [4.78, 5) is 18.7. The summed E-state index contributed by atoms with van der Waals surface area (Å²) < 4.78 is 29.2. The van der Waals surface area contributed by atoms with Crippen LogP contribution in [0.2, 0.25) is 0 Å². The van der Waals surface area contributed by atoms with Crippen LogP contribution in [0.4, 0.5) is 11.4 Å². The quantitative estimate of drug-likeness (QED) is 0.500. The maximum Gasteiger partial charge on any atom is 0.261 e. The van der Waals surface area contributed by atoms with Crippen LogP contribution in [-0.4, -0.2) is 53.6 Å². The monoisotopic (exact) mass is 442 g/mol. The van der Waals surface area contributed by atoms with Crippen molar-refractivity contribution < 1.29 is 13.2 Å². The topological polar surface area (TPSA) is 109 Å². The fourth-order valence-electron chi connectivity index (χ4n) is 2.96. The van der Waals surface area contributed by atoms with Gasteiger partial charge >= 0.3 is 0 Å². The number of likely N-dealkylation sites (N-methyl/N-ethyl adjacent to an activating group) is 1. The number of hydrogen-bond donors (Lipinski definition) is 2. The molecule has 2 heterocycles. The maximum absolute atomic E-state index is 12.5. The number of amides is 1. The molecule has 1 aromatic carbocycles. The molecule has 2 N–H and O–H groups in total. The number of aromatic nitrogens is 3. The summed E-state index contributed by atoms with van der Waals surface area (Å²) in [6.45, 7) is 7.80. The standard InChI is InChI=1S/C21H26N6O3S/c1-3-26(4-2)13-14-27-16-19(15-23-27)24-21(28)17-5-7-20(8-6-17)31(29,30)25-18-9-11-22-12-10-18/h5-12,15-16H,3-4,13-14H2,1-2H3,(H,22,25)(H,24,28). The second kappa shape index (κ2) is 10.2. The van der Waals surface area contributed by atoms with E-state index in [4.69, 9.17) is 0 Å². The summed E-state index contributed by atoms with van der Waals surface area (Å²) in [5.74, 6) is -0.339. The van der Waals surface area contributed by atoms with Crippen LogP contribution in [-0.2, 0) is 16.6 Å². The molecule has 0 aliphatic heterocycles. The van der Waals surface area contributed by atoms with Gasteiger partial charge in [0.05, 0.1) is 29.0 Å². The van der Waals surface area contributed by atoms with Crippen molar-refractivity contribution in [2.75, 3.05) is 29.7 Å². The van der Waals surface area contributed by atoms with Gasteiger partial charge in [0.25, 0.3) is 15.9 Å². The van der Waals surface area contributed by atoms with Crippen molar-refractivity contribution in [3.63, 3.8) is 0 Å². The van der Waals surface area contributed by atoms with Crippen molar-refractivity contribution in [3.8, 4) is 0 Å². The van der Waals surface area contributed by atoms with Crippen LogP contribution in [0, 0.1) is 0 Å². The van der Waals surface area contributed by atoms with Gasteiger partial charge in [0.2, 0.25) is 0 Å². The van der Waals surface area contributed by atoms with E-state index >= 15 is 0 Å². The molecule has 1 amide bonds. The van der Waals surface area contributed by atoms with Crippen molar-refractivity contribution in [2.24, 2.45) is 0 Å². The second-order valence-electron chi connectivity index (χ2n) is 6.84. The fourth-order valence-corrected chi connectivity index (χ4v) is 4.02. The zero-order chi connectivity index (χ0) is 22.3. The molecule has 0 aliphatic carbocycles. The van der Waals surface area contributed by atoms with Gasteiger partial charge in [0, 0.05) is 30.7 Å². The number of rotatable bonds is 10. The number of hydrogen-bond acceptors (Lipinski definition) is 6. The normalized spacial score (nSPS) is 11.5. The highest BCUT2D eigenvalue weighted by atomic mass is 32.2. The van der Waals surface area contributed by atoms with Gasteiger partial charge < -0.3 is 10.2 Å². The Kier molecular flexibility index (Phi) is 7.37. The third kappa shape index (κ3) is 6.12. The van der Waals surface area contributed by atoms with Crippen LogP contribution in [0.5, 0.6) is 0 Å². The smallest absolute Gasteiger partial charge is 0.261 e. The van der Waals surface area contributed by atoms with E-state index in [9.17, 15) is 13.2 Å². The lowest BCUT2D eigenvalue weighted by atomic mass is 10.2. The fraction of sp³-hybridized carbons (Fsp3) is 0.286. The minimum absolute atomic E-state index is 0.0603. The van der Waals surface area contributed by atoms with Crippen LogP contribution in [0.3, 0.4) is 0 Å². The first kappa shape index (κ1) is 22.4. The molecule has 10 heteroatoms. The molecule has 0 bridgehead atoms. The third-order valence-electron chi connectivity index (χ3n) is 4.79. The largest absolute Gasteiger partial charge is 0.319 e. The number of sulfonamides is 1. The van der Waals surface area contributed by atoms with E-state index in [0.29, 0.717) is 16.9 Å². The van der Waals surface area contributed by atoms with Gasteiger partial charge in [-0.1, -0.05) is 13.8 Å². The summed E-state index contributed by atoms with van der Waals surface area (Å²) in [6.07, 6.45) is 6.37. The molecule has 0 spiro atoms. The van der Waals surface area contributed by atoms with Crippen molar-refractivity contribution >= 4 is 27.3 Å². The number of carbonyl (C=O) groups excluding carboxylic acids is 1. The molecule has 0 radical (unpaired) electrons. The molecule has 0 unspecified atom stereocenters. The number of benzene rings is 1. The van der Waals surface area contributed by atoms with E-state index in [2.05, 4.69) is 38.9 Å². The number of carbonyl (C=O) groups is 1. The van der Waals surface area contributed by atoms with Crippen molar-refractivity contribution in [1.29, 1.82) is 0 Å². The highest BCUT2D eigenvalue weighted by molar-refractivity contribution is 7.92. The summed E-state index contributed by atoms with van der Waals surface area (Å²) in [5, 5.41) is 7.06. The molecule has 0 saturated heterocycles. The number of nitrogens with one attached hydrogen (secondary N) is 2. The molecular weight excluding hydrogens is 416 g/mol. The summed E-state index contributed by atoms with van der Waals surface area (Å²) in [5.41, 5.74) is 1.34. The Hall–Kier alpha value is -3.24. The molecule has 164 valence electrons. The van der Waals surface area contributed by atoms with E-state index < -0.39 is 10.0 Å². The van der Waals surface area contributed by atoms with E-state index in [1.54, 1.807) is 29.2 Å². The van der Waals surface area contributed by atoms with Gasteiger partial charge in [0.1, 0.15) is 0 Å². The third-order valence-corrected chi connectivity index (χ3v) is 6.19. The van der Waals surface area contributed by atoms with Crippen LogP contribution >= 0.6 is 0 Å². The Morgan fingerprint density at radius 2 is 1.71 bits per heavy atom. The summed E-state index contributed by atoms with van der Waals surface area (Å²) in [6, 6.07) is 8.85.